The molecule has 0 aliphatic rings. The van der Waals surface area contributed by atoms with Crippen molar-refractivity contribution in [1.82, 2.24) is 0 Å². The topological polar surface area (TPSA) is 19.6 Å². The number of furan rings is 1. The average Bonchev–Trinajstić information content (AvgIpc) is 3.94. The summed E-state index contributed by atoms with van der Waals surface area (Å²) in [7, 11) is 0. The van der Waals surface area contributed by atoms with Crippen LogP contribution in [0.2, 0.25) is 0 Å². The van der Waals surface area contributed by atoms with Crippen LogP contribution in [0.1, 0.15) is 0 Å². The standard InChI is InChI=1S/C60H40N2OS/c1-4-20-45(21-5-1)61(46-22-6-2-7-23-46)49-34-35-56(54(40-49)43-18-14-17-41(37-43)42-33-36-59-55(39-42)52-28-11-13-32-58(52)64-59)62(47-24-8-3-9-25-47)48-26-15-19-44(38-48)50-29-16-30-53-51-27-10-12-31-57(51)63-60(50)53/h1-40H. The van der Waals surface area contributed by atoms with Gasteiger partial charge >= 0.3 is 0 Å². The number of fused-ring (bicyclic) bond motifs is 6. The lowest BCUT2D eigenvalue weighted by atomic mass is 9.95. The van der Waals surface area contributed by atoms with Crippen molar-refractivity contribution in [2.45, 2.75) is 0 Å². The molecule has 0 saturated carbocycles. The maximum Gasteiger partial charge on any atom is 0.143 e. The third-order valence-corrected chi connectivity index (χ3v) is 13.4. The minimum absolute atomic E-state index is 0.891. The van der Waals surface area contributed by atoms with Crippen LogP contribution in [0, 0.1) is 0 Å². The summed E-state index contributed by atoms with van der Waals surface area (Å²) >= 11 is 1.85. The van der Waals surface area contributed by atoms with Crippen molar-refractivity contribution in [3.8, 4) is 33.4 Å². The fourth-order valence-corrected chi connectivity index (χ4v) is 10.3. The Morgan fingerprint density at radius 1 is 0.297 bits per heavy atom. The first-order valence-electron chi connectivity index (χ1n) is 21.7. The first-order chi connectivity index (χ1) is 31.7. The molecule has 0 unspecified atom stereocenters. The lowest BCUT2D eigenvalue weighted by Gasteiger charge is -2.31. The average molecular weight is 837 g/mol. The van der Waals surface area contributed by atoms with Gasteiger partial charge in [0.1, 0.15) is 11.2 Å². The fourth-order valence-electron chi connectivity index (χ4n) is 9.25. The Labute approximate surface area is 376 Å². The largest absolute Gasteiger partial charge is 0.455 e. The van der Waals surface area contributed by atoms with E-state index in [4.69, 9.17) is 4.42 Å². The number of rotatable bonds is 9. The molecule has 0 fully saturated rings. The Morgan fingerprint density at radius 3 is 1.61 bits per heavy atom. The van der Waals surface area contributed by atoms with Crippen molar-refractivity contribution in [2.24, 2.45) is 0 Å². The van der Waals surface area contributed by atoms with Crippen LogP contribution in [-0.2, 0) is 0 Å². The van der Waals surface area contributed by atoms with Gasteiger partial charge in [-0.1, -0.05) is 146 Å². The van der Waals surface area contributed by atoms with E-state index in [0.717, 1.165) is 78.3 Å². The van der Waals surface area contributed by atoms with E-state index in [1.807, 2.05) is 23.5 Å². The number of benzene rings is 10. The van der Waals surface area contributed by atoms with Gasteiger partial charge in [-0.15, -0.1) is 11.3 Å². The molecule has 10 aromatic carbocycles. The first kappa shape index (κ1) is 37.6. The fraction of sp³-hybridized carbons (Fsp3) is 0. The Bertz CT molecular complexity index is 3590. The van der Waals surface area contributed by atoms with Crippen LogP contribution in [0.25, 0.3) is 75.5 Å². The normalized spacial score (nSPS) is 11.4. The van der Waals surface area contributed by atoms with Gasteiger partial charge < -0.3 is 14.2 Å². The van der Waals surface area contributed by atoms with Crippen LogP contribution >= 0.6 is 11.3 Å². The molecule has 0 bridgehead atoms. The molecule has 0 atom stereocenters. The molecule has 0 spiro atoms. The number of anilines is 6. The number of nitrogens with zero attached hydrogens (tertiary/aromatic N) is 2. The van der Waals surface area contributed by atoms with E-state index in [-0.39, 0.29) is 0 Å². The van der Waals surface area contributed by atoms with Gasteiger partial charge in [0, 0.05) is 70.5 Å². The summed E-state index contributed by atoms with van der Waals surface area (Å²) in [6.07, 6.45) is 0. The van der Waals surface area contributed by atoms with Crippen molar-refractivity contribution in [1.29, 1.82) is 0 Å². The maximum atomic E-state index is 6.56. The molecule has 12 rings (SSSR count). The molecule has 0 aliphatic carbocycles. The van der Waals surface area contributed by atoms with E-state index in [1.54, 1.807) is 0 Å². The van der Waals surface area contributed by atoms with Gasteiger partial charge in [0.2, 0.25) is 0 Å². The Hall–Kier alpha value is -8.18. The maximum absolute atomic E-state index is 6.56. The van der Waals surface area contributed by atoms with Crippen LogP contribution in [0.4, 0.5) is 34.1 Å². The summed E-state index contributed by atoms with van der Waals surface area (Å²) in [6, 6.07) is 87.2. The molecule has 302 valence electrons. The second-order valence-corrected chi connectivity index (χ2v) is 17.2. The predicted octanol–water partition coefficient (Wildman–Crippen LogP) is 17.9. The van der Waals surface area contributed by atoms with Crippen LogP contribution in [0.15, 0.2) is 247 Å². The van der Waals surface area contributed by atoms with Gasteiger partial charge in [-0.05, 0) is 119 Å². The zero-order chi connectivity index (χ0) is 42.4. The summed E-state index contributed by atoms with van der Waals surface area (Å²) in [5, 5.41) is 4.83. The molecule has 4 heteroatoms. The molecule has 0 saturated heterocycles. The highest BCUT2D eigenvalue weighted by Gasteiger charge is 2.22. The number of hydrogen-bond acceptors (Lipinski definition) is 4. The molecule has 0 aliphatic heterocycles. The van der Waals surface area contributed by atoms with Gasteiger partial charge in [-0.3, -0.25) is 0 Å². The minimum Gasteiger partial charge on any atom is -0.455 e. The van der Waals surface area contributed by atoms with Crippen molar-refractivity contribution < 1.29 is 4.42 Å². The molecule has 12 aromatic rings. The summed E-state index contributed by atoms with van der Waals surface area (Å²) in [6.45, 7) is 0. The zero-order valence-corrected chi connectivity index (χ0v) is 35.6. The highest BCUT2D eigenvalue weighted by molar-refractivity contribution is 7.25. The Morgan fingerprint density at radius 2 is 0.844 bits per heavy atom. The highest BCUT2D eigenvalue weighted by atomic mass is 32.1. The Balaban J connectivity index is 1.07. The van der Waals surface area contributed by atoms with Crippen molar-refractivity contribution >= 4 is 87.6 Å². The van der Waals surface area contributed by atoms with Crippen LogP contribution in [0.5, 0.6) is 0 Å². The zero-order valence-electron chi connectivity index (χ0n) is 34.8. The lowest BCUT2D eigenvalue weighted by molar-refractivity contribution is 0.670. The third-order valence-electron chi connectivity index (χ3n) is 12.2. The lowest BCUT2D eigenvalue weighted by Crippen LogP contribution is -2.13. The molecular formula is C60H40N2OS. The number of para-hydroxylation sites is 5. The van der Waals surface area contributed by atoms with E-state index < -0.39 is 0 Å². The number of hydrogen-bond donors (Lipinski definition) is 0. The third kappa shape index (κ3) is 6.69. The minimum atomic E-state index is 0.891. The monoisotopic (exact) mass is 836 g/mol. The molecule has 0 amide bonds. The molecule has 3 nitrogen and oxygen atoms in total. The van der Waals surface area contributed by atoms with Crippen molar-refractivity contribution in [3.05, 3.63) is 243 Å². The quantitative estimate of drug-likeness (QED) is 0.144. The van der Waals surface area contributed by atoms with Crippen molar-refractivity contribution in [3.63, 3.8) is 0 Å². The SMILES string of the molecule is c1ccc(N(c2ccccc2)c2ccc(N(c3ccccc3)c3cccc(-c4cccc5c4oc4ccccc45)c3)c(-c3cccc(-c4ccc5sc6ccccc6c5c4)c3)c2)cc1. The van der Waals surface area contributed by atoms with Crippen LogP contribution < -0.4 is 9.80 Å². The van der Waals surface area contributed by atoms with Gasteiger partial charge in [0.25, 0.3) is 0 Å². The molecule has 2 aromatic heterocycles. The second kappa shape index (κ2) is 15.9. The van der Waals surface area contributed by atoms with E-state index in [0.29, 0.717) is 0 Å². The van der Waals surface area contributed by atoms with Gasteiger partial charge in [-0.25, -0.2) is 0 Å². The highest BCUT2D eigenvalue weighted by Crippen LogP contribution is 2.47. The summed E-state index contributed by atoms with van der Waals surface area (Å²) < 4.78 is 9.18. The van der Waals surface area contributed by atoms with E-state index in [9.17, 15) is 0 Å². The molecule has 64 heavy (non-hydrogen) atoms. The van der Waals surface area contributed by atoms with E-state index in [2.05, 4.69) is 240 Å². The molecule has 0 N–H and O–H groups in total. The van der Waals surface area contributed by atoms with Crippen molar-refractivity contribution in [2.75, 3.05) is 9.80 Å². The summed E-state index contributed by atoms with van der Waals surface area (Å²) in [5.41, 5.74) is 14.9. The van der Waals surface area contributed by atoms with Gasteiger partial charge in [-0.2, -0.15) is 0 Å². The van der Waals surface area contributed by atoms with Gasteiger partial charge in [0.05, 0.1) is 5.69 Å². The van der Waals surface area contributed by atoms with E-state index >= 15 is 0 Å². The second-order valence-electron chi connectivity index (χ2n) is 16.1. The number of thiophene rings is 1. The summed E-state index contributed by atoms with van der Waals surface area (Å²) in [5.74, 6) is 0. The Kier molecular flexibility index (Phi) is 9.36. The molecule has 0 radical (unpaired) electrons. The molecule has 2 heterocycles. The van der Waals surface area contributed by atoms with Crippen LogP contribution in [-0.4, -0.2) is 0 Å². The predicted molar refractivity (Wildman–Crippen MR) is 272 cm³/mol. The molecular weight excluding hydrogens is 797 g/mol. The first-order valence-corrected chi connectivity index (χ1v) is 22.5. The van der Waals surface area contributed by atoms with E-state index in [1.165, 1.54) is 31.3 Å². The summed E-state index contributed by atoms with van der Waals surface area (Å²) in [4.78, 5) is 4.74. The smallest absolute Gasteiger partial charge is 0.143 e. The van der Waals surface area contributed by atoms with Gasteiger partial charge in [0.15, 0.2) is 0 Å². The van der Waals surface area contributed by atoms with Crippen LogP contribution in [0.3, 0.4) is 0 Å².